The number of nitriles is 1. The second-order valence-corrected chi connectivity index (χ2v) is 4.42. The van der Waals surface area contributed by atoms with E-state index in [2.05, 4.69) is 11.0 Å². The van der Waals surface area contributed by atoms with Crippen molar-refractivity contribution >= 4 is 11.4 Å². The SMILES string of the molecule is Cc1cc(N(CCC#N)C(C)C)ccc1[N+](=O)[O-]. The molecule has 0 heterocycles. The standard InChI is InChI=1S/C13H17N3O2/c1-10(2)15(8-4-7-14)12-5-6-13(16(17)18)11(3)9-12/h5-6,9-10H,4,8H2,1-3H3. The van der Waals surface area contributed by atoms with Crippen molar-refractivity contribution in [3.8, 4) is 6.07 Å². The van der Waals surface area contributed by atoms with Crippen molar-refractivity contribution in [2.45, 2.75) is 33.2 Å². The highest BCUT2D eigenvalue weighted by molar-refractivity contribution is 5.55. The van der Waals surface area contributed by atoms with Crippen molar-refractivity contribution in [1.82, 2.24) is 0 Å². The molecular formula is C13H17N3O2. The normalized spacial score (nSPS) is 10.2. The zero-order chi connectivity index (χ0) is 13.7. The van der Waals surface area contributed by atoms with Gasteiger partial charge in [0.05, 0.1) is 17.4 Å². The van der Waals surface area contributed by atoms with E-state index in [9.17, 15) is 10.1 Å². The van der Waals surface area contributed by atoms with Gasteiger partial charge in [-0.25, -0.2) is 0 Å². The van der Waals surface area contributed by atoms with E-state index in [1.807, 2.05) is 13.8 Å². The smallest absolute Gasteiger partial charge is 0.272 e. The fourth-order valence-corrected chi connectivity index (χ4v) is 1.88. The van der Waals surface area contributed by atoms with E-state index in [-0.39, 0.29) is 16.7 Å². The molecule has 0 aliphatic rings. The molecule has 1 aromatic carbocycles. The van der Waals surface area contributed by atoms with E-state index >= 15 is 0 Å². The molecule has 0 spiro atoms. The quantitative estimate of drug-likeness (QED) is 0.592. The summed E-state index contributed by atoms with van der Waals surface area (Å²) in [6.07, 6.45) is 0.439. The molecular weight excluding hydrogens is 230 g/mol. The molecule has 1 aromatic rings. The topological polar surface area (TPSA) is 70.2 Å². The van der Waals surface area contributed by atoms with Gasteiger partial charge in [0.25, 0.3) is 5.69 Å². The first-order valence-corrected chi connectivity index (χ1v) is 5.86. The van der Waals surface area contributed by atoms with Gasteiger partial charge in [0.1, 0.15) is 0 Å². The third kappa shape index (κ3) is 3.20. The maximum absolute atomic E-state index is 10.8. The van der Waals surface area contributed by atoms with E-state index < -0.39 is 0 Å². The van der Waals surface area contributed by atoms with Crippen LogP contribution in [-0.2, 0) is 0 Å². The van der Waals surface area contributed by atoms with Gasteiger partial charge in [-0.15, -0.1) is 0 Å². The summed E-state index contributed by atoms with van der Waals surface area (Å²) in [5.74, 6) is 0. The monoisotopic (exact) mass is 247 g/mol. The minimum atomic E-state index is -0.381. The first kappa shape index (κ1) is 14.0. The highest BCUT2D eigenvalue weighted by Crippen LogP contribution is 2.25. The third-order valence-corrected chi connectivity index (χ3v) is 2.80. The average Bonchev–Trinajstić information content (AvgIpc) is 2.28. The molecule has 0 aliphatic carbocycles. The number of aryl methyl sites for hydroxylation is 1. The van der Waals surface area contributed by atoms with Gasteiger partial charge in [0.15, 0.2) is 0 Å². The van der Waals surface area contributed by atoms with Gasteiger partial charge >= 0.3 is 0 Å². The van der Waals surface area contributed by atoms with Gasteiger partial charge in [-0.1, -0.05) is 0 Å². The summed E-state index contributed by atoms with van der Waals surface area (Å²) in [5, 5.41) is 19.4. The lowest BCUT2D eigenvalue weighted by molar-refractivity contribution is -0.385. The van der Waals surface area contributed by atoms with Crippen molar-refractivity contribution in [2.24, 2.45) is 0 Å². The molecule has 0 radical (unpaired) electrons. The molecule has 0 saturated heterocycles. The molecule has 0 aromatic heterocycles. The van der Waals surface area contributed by atoms with Crippen LogP contribution in [0.2, 0.25) is 0 Å². The molecule has 0 unspecified atom stereocenters. The van der Waals surface area contributed by atoms with Crippen LogP contribution in [-0.4, -0.2) is 17.5 Å². The number of rotatable bonds is 5. The predicted molar refractivity (Wildman–Crippen MR) is 70.5 cm³/mol. The number of hydrogen-bond donors (Lipinski definition) is 0. The lowest BCUT2D eigenvalue weighted by Crippen LogP contribution is -2.31. The molecule has 0 bridgehead atoms. The molecule has 0 saturated carbocycles. The number of benzene rings is 1. The van der Waals surface area contributed by atoms with Crippen LogP contribution >= 0.6 is 0 Å². The maximum Gasteiger partial charge on any atom is 0.272 e. The zero-order valence-corrected chi connectivity index (χ0v) is 10.9. The van der Waals surface area contributed by atoms with Crippen LogP contribution in [0, 0.1) is 28.4 Å². The minimum absolute atomic E-state index is 0.128. The summed E-state index contributed by atoms with van der Waals surface area (Å²) in [6, 6.07) is 7.43. The van der Waals surface area contributed by atoms with Crippen molar-refractivity contribution in [2.75, 3.05) is 11.4 Å². The third-order valence-electron chi connectivity index (χ3n) is 2.80. The van der Waals surface area contributed by atoms with Crippen LogP contribution < -0.4 is 4.90 Å². The summed E-state index contributed by atoms with van der Waals surface area (Å²) in [5.41, 5.74) is 1.69. The number of nitro benzene ring substituents is 1. The Bertz CT molecular complexity index is 478. The molecule has 0 atom stereocenters. The molecule has 18 heavy (non-hydrogen) atoms. The van der Waals surface area contributed by atoms with E-state index in [1.54, 1.807) is 19.1 Å². The summed E-state index contributed by atoms with van der Waals surface area (Å²) >= 11 is 0. The summed E-state index contributed by atoms with van der Waals surface area (Å²) in [7, 11) is 0. The largest absolute Gasteiger partial charge is 0.368 e. The van der Waals surface area contributed by atoms with Crippen LogP contribution in [0.4, 0.5) is 11.4 Å². The van der Waals surface area contributed by atoms with Gasteiger partial charge < -0.3 is 4.90 Å². The van der Waals surface area contributed by atoms with Gasteiger partial charge in [-0.05, 0) is 32.9 Å². The molecule has 0 amide bonds. The minimum Gasteiger partial charge on any atom is -0.368 e. The van der Waals surface area contributed by atoms with Crippen molar-refractivity contribution in [3.05, 3.63) is 33.9 Å². The summed E-state index contributed by atoms with van der Waals surface area (Å²) in [4.78, 5) is 12.4. The van der Waals surface area contributed by atoms with E-state index in [4.69, 9.17) is 5.26 Å². The molecule has 0 fully saturated rings. The van der Waals surface area contributed by atoms with Crippen molar-refractivity contribution in [3.63, 3.8) is 0 Å². The van der Waals surface area contributed by atoms with E-state index in [0.29, 0.717) is 18.5 Å². The highest BCUT2D eigenvalue weighted by Gasteiger charge is 2.15. The van der Waals surface area contributed by atoms with Gasteiger partial charge in [0.2, 0.25) is 0 Å². The van der Waals surface area contributed by atoms with Gasteiger partial charge in [0, 0.05) is 29.9 Å². The Morgan fingerprint density at radius 1 is 1.50 bits per heavy atom. The Kier molecular flexibility index (Phi) is 4.67. The zero-order valence-electron chi connectivity index (χ0n) is 10.9. The van der Waals surface area contributed by atoms with Crippen LogP contribution in [0.1, 0.15) is 25.8 Å². The fourth-order valence-electron chi connectivity index (χ4n) is 1.88. The Morgan fingerprint density at radius 2 is 2.17 bits per heavy atom. The lowest BCUT2D eigenvalue weighted by atomic mass is 10.1. The number of nitrogens with zero attached hydrogens (tertiary/aromatic N) is 3. The summed E-state index contributed by atoms with van der Waals surface area (Å²) < 4.78 is 0. The number of nitro groups is 1. The molecule has 5 heteroatoms. The van der Waals surface area contributed by atoms with Gasteiger partial charge in [-0.3, -0.25) is 10.1 Å². The van der Waals surface area contributed by atoms with Crippen LogP contribution in [0.5, 0.6) is 0 Å². The first-order valence-electron chi connectivity index (χ1n) is 5.86. The van der Waals surface area contributed by atoms with E-state index in [0.717, 1.165) is 5.69 Å². The lowest BCUT2D eigenvalue weighted by Gasteiger charge is -2.28. The predicted octanol–water partition coefficient (Wildman–Crippen LogP) is 3.03. The Balaban J connectivity index is 3.03. The molecule has 0 N–H and O–H groups in total. The number of anilines is 1. The Morgan fingerprint density at radius 3 is 2.61 bits per heavy atom. The highest BCUT2D eigenvalue weighted by atomic mass is 16.6. The van der Waals surface area contributed by atoms with E-state index in [1.165, 1.54) is 6.07 Å². The van der Waals surface area contributed by atoms with Crippen LogP contribution in [0.3, 0.4) is 0 Å². The second-order valence-electron chi connectivity index (χ2n) is 4.42. The fraction of sp³-hybridized carbons (Fsp3) is 0.462. The number of hydrogen-bond acceptors (Lipinski definition) is 4. The molecule has 1 rings (SSSR count). The molecule has 0 aliphatic heterocycles. The van der Waals surface area contributed by atoms with Gasteiger partial charge in [-0.2, -0.15) is 5.26 Å². The van der Waals surface area contributed by atoms with Crippen molar-refractivity contribution < 1.29 is 4.92 Å². The maximum atomic E-state index is 10.8. The molecule has 5 nitrogen and oxygen atoms in total. The Hall–Kier alpha value is -2.09. The summed E-state index contributed by atoms with van der Waals surface area (Å²) in [6.45, 7) is 6.43. The molecule has 96 valence electrons. The van der Waals surface area contributed by atoms with Crippen LogP contribution in [0.25, 0.3) is 0 Å². The average molecular weight is 247 g/mol. The second kappa shape index (κ2) is 6.01. The van der Waals surface area contributed by atoms with Crippen molar-refractivity contribution in [1.29, 1.82) is 5.26 Å². The van der Waals surface area contributed by atoms with Crippen LogP contribution in [0.15, 0.2) is 18.2 Å². The Labute approximate surface area is 107 Å². The first-order chi connectivity index (χ1) is 8.47.